The maximum Gasteiger partial charge on any atom is 0.245 e. The van der Waals surface area contributed by atoms with E-state index in [0.717, 1.165) is 22.6 Å². The standard InChI is InChI=1S/C20H21N3O3/c1-14-6-8-17(9-7-14)23-13-16(11-19(23)24)20(25)22-21-12-15-4-3-5-18(10-15)26-2/h3-10,12,16H,11,13H2,1-2H3,(H,22,25)/b21-12+. The highest BCUT2D eigenvalue weighted by Gasteiger charge is 2.35. The Kier molecular flexibility index (Phi) is 5.31. The van der Waals surface area contributed by atoms with Gasteiger partial charge in [0, 0.05) is 18.7 Å². The summed E-state index contributed by atoms with van der Waals surface area (Å²) < 4.78 is 5.14. The van der Waals surface area contributed by atoms with Gasteiger partial charge in [-0.15, -0.1) is 0 Å². The predicted octanol–water partition coefficient (Wildman–Crippen LogP) is 2.51. The van der Waals surface area contributed by atoms with Crippen LogP contribution in [-0.2, 0) is 9.59 Å². The lowest BCUT2D eigenvalue weighted by Crippen LogP contribution is -2.30. The van der Waals surface area contributed by atoms with E-state index in [0.29, 0.717) is 6.54 Å². The summed E-state index contributed by atoms with van der Waals surface area (Å²) >= 11 is 0. The van der Waals surface area contributed by atoms with Gasteiger partial charge in [-0.05, 0) is 36.8 Å². The second kappa shape index (κ2) is 7.82. The number of aryl methyl sites for hydroxylation is 1. The molecule has 26 heavy (non-hydrogen) atoms. The molecule has 6 heteroatoms. The first-order chi connectivity index (χ1) is 12.6. The van der Waals surface area contributed by atoms with Crippen molar-refractivity contribution in [1.29, 1.82) is 0 Å². The minimum atomic E-state index is -0.411. The van der Waals surface area contributed by atoms with E-state index in [2.05, 4.69) is 10.5 Å². The first-order valence-corrected chi connectivity index (χ1v) is 8.41. The fourth-order valence-electron chi connectivity index (χ4n) is 2.84. The molecule has 0 radical (unpaired) electrons. The van der Waals surface area contributed by atoms with Crippen LogP contribution < -0.4 is 15.1 Å². The van der Waals surface area contributed by atoms with E-state index in [1.165, 1.54) is 0 Å². The molecule has 0 aliphatic carbocycles. The number of carbonyl (C=O) groups excluding carboxylic acids is 2. The van der Waals surface area contributed by atoms with E-state index in [4.69, 9.17) is 4.74 Å². The van der Waals surface area contributed by atoms with Gasteiger partial charge >= 0.3 is 0 Å². The Hall–Kier alpha value is -3.15. The van der Waals surface area contributed by atoms with Crippen LogP contribution in [0.2, 0.25) is 0 Å². The molecule has 134 valence electrons. The Labute approximate surface area is 152 Å². The van der Waals surface area contributed by atoms with Gasteiger partial charge in [-0.3, -0.25) is 9.59 Å². The van der Waals surface area contributed by atoms with Crippen LogP contribution in [-0.4, -0.2) is 31.7 Å². The van der Waals surface area contributed by atoms with Crippen molar-refractivity contribution in [2.45, 2.75) is 13.3 Å². The normalized spacial score (nSPS) is 16.9. The molecule has 1 aliphatic heterocycles. The molecular weight excluding hydrogens is 330 g/mol. The number of ether oxygens (including phenoxy) is 1. The van der Waals surface area contributed by atoms with E-state index in [-0.39, 0.29) is 18.2 Å². The number of methoxy groups -OCH3 is 1. The van der Waals surface area contributed by atoms with Crippen molar-refractivity contribution >= 4 is 23.7 Å². The summed E-state index contributed by atoms with van der Waals surface area (Å²) in [5, 5.41) is 3.99. The number of hydrogen-bond donors (Lipinski definition) is 1. The Morgan fingerprint density at radius 1 is 1.27 bits per heavy atom. The lowest BCUT2D eigenvalue weighted by molar-refractivity contribution is -0.126. The van der Waals surface area contributed by atoms with Crippen molar-refractivity contribution in [2.75, 3.05) is 18.6 Å². The Morgan fingerprint density at radius 3 is 2.77 bits per heavy atom. The topological polar surface area (TPSA) is 71.0 Å². The van der Waals surface area contributed by atoms with Crippen molar-refractivity contribution in [2.24, 2.45) is 11.0 Å². The van der Waals surface area contributed by atoms with Gasteiger partial charge in [0.2, 0.25) is 11.8 Å². The maximum absolute atomic E-state index is 12.3. The number of nitrogens with zero attached hydrogens (tertiary/aromatic N) is 2. The van der Waals surface area contributed by atoms with Crippen molar-refractivity contribution in [3.63, 3.8) is 0 Å². The second-order valence-corrected chi connectivity index (χ2v) is 6.25. The predicted molar refractivity (Wildman–Crippen MR) is 100 cm³/mol. The monoisotopic (exact) mass is 351 g/mol. The van der Waals surface area contributed by atoms with Crippen molar-refractivity contribution in [3.8, 4) is 5.75 Å². The van der Waals surface area contributed by atoms with Crippen molar-refractivity contribution in [1.82, 2.24) is 5.43 Å². The van der Waals surface area contributed by atoms with E-state index >= 15 is 0 Å². The summed E-state index contributed by atoms with van der Waals surface area (Å²) in [6.07, 6.45) is 1.74. The third-order valence-electron chi connectivity index (χ3n) is 4.32. The molecule has 6 nitrogen and oxygen atoms in total. The maximum atomic E-state index is 12.3. The van der Waals surface area contributed by atoms with E-state index in [9.17, 15) is 9.59 Å². The third-order valence-corrected chi connectivity index (χ3v) is 4.32. The smallest absolute Gasteiger partial charge is 0.245 e. The molecule has 3 rings (SSSR count). The number of rotatable bonds is 5. The number of amides is 2. The summed E-state index contributed by atoms with van der Waals surface area (Å²) in [6, 6.07) is 15.0. The van der Waals surface area contributed by atoms with Crippen molar-refractivity contribution < 1.29 is 14.3 Å². The Bertz CT molecular complexity index is 830. The summed E-state index contributed by atoms with van der Waals surface area (Å²) in [7, 11) is 1.59. The number of hydrogen-bond acceptors (Lipinski definition) is 4. The Morgan fingerprint density at radius 2 is 2.04 bits per heavy atom. The molecule has 1 unspecified atom stereocenters. The van der Waals surface area contributed by atoms with Gasteiger partial charge < -0.3 is 9.64 Å². The lowest BCUT2D eigenvalue weighted by Gasteiger charge is -2.16. The molecule has 1 atom stereocenters. The van der Waals surface area contributed by atoms with Crippen LogP contribution >= 0.6 is 0 Å². The zero-order chi connectivity index (χ0) is 18.5. The van der Waals surface area contributed by atoms with Crippen LogP contribution in [0.5, 0.6) is 5.75 Å². The molecule has 1 N–H and O–H groups in total. The van der Waals surface area contributed by atoms with E-state index in [1.54, 1.807) is 18.2 Å². The average Bonchev–Trinajstić information content (AvgIpc) is 3.04. The van der Waals surface area contributed by atoms with Gasteiger partial charge in [-0.2, -0.15) is 5.10 Å². The van der Waals surface area contributed by atoms with Crippen LogP contribution in [0.25, 0.3) is 0 Å². The van der Waals surface area contributed by atoms with Crippen LogP contribution in [0.15, 0.2) is 53.6 Å². The third kappa shape index (κ3) is 4.08. The first kappa shape index (κ1) is 17.7. The number of benzene rings is 2. The molecule has 1 fully saturated rings. The highest BCUT2D eigenvalue weighted by Crippen LogP contribution is 2.25. The fraction of sp³-hybridized carbons (Fsp3) is 0.250. The molecular formula is C20H21N3O3. The van der Waals surface area contributed by atoms with Crippen LogP contribution in [0.3, 0.4) is 0 Å². The quantitative estimate of drug-likeness (QED) is 0.665. The first-order valence-electron chi connectivity index (χ1n) is 8.41. The van der Waals surface area contributed by atoms with Gasteiger partial charge in [0.25, 0.3) is 0 Å². The SMILES string of the molecule is COc1cccc(/C=N/NC(=O)C2CC(=O)N(c3ccc(C)cc3)C2)c1. The molecule has 2 amide bonds. The highest BCUT2D eigenvalue weighted by atomic mass is 16.5. The highest BCUT2D eigenvalue weighted by molar-refractivity contribution is 6.00. The van der Waals surface area contributed by atoms with Gasteiger partial charge in [-0.25, -0.2) is 5.43 Å². The average molecular weight is 351 g/mol. The number of nitrogens with one attached hydrogen (secondary N) is 1. The van der Waals surface area contributed by atoms with E-state index in [1.807, 2.05) is 55.5 Å². The van der Waals surface area contributed by atoms with Crippen molar-refractivity contribution in [3.05, 3.63) is 59.7 Å². The molecule has 0 bridgehead atoms. The van der Waals surface area contributed by atoms with Crippen LogP contribution in [0, 0.1) is 12.8 Å². The fourth-order valence-corrected chi connectivity index (χ4v) is 2.84. The van der Waals surface area contributed by atoms with E-state index < -0.39 is 5.92 Å². The molecule has 1 heterocycles. The summed E-state index contributed by atoms with van der Waals surface area (Å²) in [4.78, 5) is 26.2. The molecule has 2 aromatic rings. The minimum absolute atomic E-state index is 0.0502. The number of carbonyl (C=O) groups is 2. The molecule has 0 spiro atoms. The zero-order valence-electron chi connectivity index (χ0n) is 14.8. The number of anilines is 1. The number of hydrazone groups is 1. The molecule has 0 saturated carbocycles. The minimum Gasteiger partial charge on any atom is -0.497 e. The summed E-state index contributed by atoms with van der Waals surface area (Å²) in [6.45, 7) is 2.36. The van der Waals surface area contributed by atoms with Gasteiger partial charge in [0.1, 0.15) is 5.75 Å². The largest absolute Gasteiger partial charge is 0.497 e. The van der Waals surface area contributed by atoms with Crippen LogP contribution in [0.4, 0.5) is 5.69 Å². The second-order valence-electron chi connectivity index (χ2n) is 6.25. The molecule has 1 saturated heterocycles. The molecule has 2 aromatic carbocycles. The van der Waals surface area contributed by atoms with Gasteiger partial charge in [0.05, 0.1) is 19.2 Å². The summed E-state index contributed by atoms with van der Waals surface area (Å²) in [5.41, 5.74) is 5.28. The molecule has 1 aliphatic rings. The van der Waals surface area contributed by atoms with Gasteiger partial charge in [0.15, 0.2) is 0 Å². The zero-order valence-corrected chi connectivity index (χ0v) is 14.8. The van der Waals surface area contributed by atoms with Gasteiger partial charge in [-0.1, -0.05) is 29.8 Å². The van der Waals surface area contributed by atoms with Crippen LogP contribution in [0.1, 0.15) is 17.5 Å². The summed E-state index contributed by atoms with van der Waals surface area (Å²) in [5.74, 6) is -0.000413. The molecule has 0 aromatic heterocycles. The lowest BCUT2D eigenvalue weighted by atomic mass is 10.1. The Balaban J connectivity index is 1.59.